The molecule has 0 fully saturated rings. The van der Waals surface area contributed by atoms with E-state index in [1.165, 1.54) is 5.56 Å². The third-order valence-corrected chi connectivity index (χ3v) is 3.14. The lowest BCUT2D eigenvalue weighted by atomic mass is 10.0. The summed E-state index contributed by atoms with van der Waals surface area (Å²) in [6, 6.07) is 10.6. The Morgan fingerprint density at radius 2 is 2.06 bits per heavy atom. The minimum Gasteiger partial charge on any atom is -0.393 e. The molecule has 0 heterocycles. The zero-order valence-corrected chi connectivity index (χ0v) is 12.0. The van der Waals surface area contributed by atoms with Crippen LogP contribution < -0.4 is 5.73 Å². The summed E-state index contributed by atoms with van der Waals surface area (Å²) in [5.41, 5.74) is 6.96. The number of hydrogen-bond donors (Lipinski definition) is 1. The summed E-state index contributed by atoms with van der Waals surface area (Å²) >= 11 is 5.05. The number of thiocarbonyl (C=S) groups is 1. The summed E-state index contributed by atoms with van der Waals surface area (Å²) in [6.45, 7) is 1.74. The molecule has 100 valence electrons. The molecule has 1 unspecified atom stereocenters. The van der Waals surface area contributed by atoms with Crippen molar-refractivity contribution in [2.45, 2.75) is 18.9 Å². The molecular weight excluding hydrogens is 244 g/mol. The summed E-state index contributed by atoms with van der Waals surface area (Å²) in [5, 5.41) is 0. The molecule has 0 bridgehead atoms. The van der Waals surface area contributed by atoms with Crippen molar-refractivity contribution in [3.63, 3.8) is 0 Å². The maximum Gasteiger partial charge on any atom is 0.0746 e. The van der Waals surface area contributed by atoms with Crippen LogP contribution in [0.5, 0.6) is 0 Å². The summed E-state index contributed by atoms with van der Waals surface area (Å²) in [4.78, 5) is 2.84. The molecule has 0 spiro atoms. The first-order valence-electron chi connectivity index (χ1n) is 6.17. The van der Waals surface area contributed by atoms with Crippen molar-refractivity contribution >= 4 is 17.2 Å². The lowest BCUT2D eigenvalue weighted by Crippen LogP contribution is -2.29. The Balaban J connectivity index is 2.69. The second kappa shape index (κ2) is 8.19. The standard InChI is InChI=1S/C14H22N2OS/c1-16(9-6-10-17-2)13(11-14(15)18)12-7-4-3-5-8-12/h3-5,7-8,13H,6,9-11H2,1-2H3,(H2,15,18). The van der Waals surface area contributed by atoms with Gasteiger partial charge in [0.1, 0.15) is 0 Å². The molecule has 4 heteroatoms. The van der Waals surface area contributed by atoms with Gasteiger partial charge >= 0.3 is 0 Å². The van der Waals surface area contributed by atoms with Gasteiger partial charge in [0.05, 0.1) is 4.99 Å². The lowest BCUT2D eigenvalue weighted by Gasteiger charge is -2.28. The minimum atomic E-state index is 0.251. The minimum absolute atomic E-state index is 0.251. The number of hydrogen-bond acceptors (Lipinski definition) is 3. The SMILES string of the molecule is COCCCN(C)C(CC(N)=S)c1ccccc1. The van der Waals surface area contributed by atoms with Crippen LogP contribution in [-0.2, 0) is 4.74 Å². The number of nitrogens with two attached hydrogens (primary N) is 1. The van der Waals surface area contributed by atoms with Crippen molar-refractivity contribution in [3.05, 3.63) is 35.9 Å². The smallest absolute Gasteiger partial charge is 0.0746 e. The molecule has 0 aliphatic heterocycles. The third kappa shape index (κ3) is 5.12. The second-order valence-electron chi connectivity index (χ2n) is 4.42. The fraction of sp³-hybridized carbons (Fsp3) is 0.500. The van der Waals surface area contributed by atoms with Gasteiger partial charge in [0, 0.05) is 32.7 Å². The average Bonchev–Trinajstić information content (AvgIpc) is 2.37. The van der Waals surface area contributed by atoms with Crippen LogP contribution in [0.15, 0.2) is 30.3 Å². The van der Waals surface area contributed by atoms with Crippen LogP contribution in [0.4, 0.5) is 0 Å². The van der Waals surface area contributed by atoms with E-state index in [1.54, 1.807) is 7.11 Å². The summed E-state index contributed by atoms with van der Waals surface area (Å²) in [5.74, 6) is 0. The Hall–Kier alpha value is -0.970. The monoisotopic (exact) mass is 266 g/mol. The van der Waals surface area contributed by atoms with Crippen LogP contribution in [0, 0.1) is 0 Å². The summed E-state index contributed by atoms with van der Waals surface area (Å²) < 4.78 is 5.08. The first kappa shape index (κ1) is 15.1. The second-order valence-corrected chi connectivity index (χ2v) is 4.95. The predicted octanol–water partition coefficient (Wildman–Crippen LogP) is 2.37. The molecule has 0 saturated heterocycles. The van der Waals surface area contributed by atoms with Crippen molar-refractivity contribution < 1.29 is 4.74 Å². The fourth-order valence-corrected chi connectivity index (χ4v) is 2.17. The molecule has 1 atom stereocenters. The number of nitrogens with zero attached hydrogens (tertiary/aromatic N) is 1. The topological polar surface area (TPSA) is 38.5 Å². The number of benzene rings is 1. The van der Waals surface area contributed by atoms with Crippen LogP contribution in [0.1, 0.15) is 24.4 Å². The van der Waals surface area contributed by atoms with E-state index in [9.17, 15) is 0 Å². The van der Waals surface area contributed by atoms with Gasteiger partial charge in [-0.25, -0.2) is 0 Å². The van der Waals surface area contributed by atoms with Gasteiger partial charge in [-0.15, -0.1) is 0 Å². The van der Waals surface area contributed by atoms with Crippen molar-refractivity contribution in [1.82, 2.24) is 4.90 Å². The molecule has 1 rings (SSSR count). The van der Waals surface area contributed by atoms with Crippen LogP contribution in [0.3, 0.4) is 0 Å². The van der Waals surface area contributed by atoms with Crippen LogP contribution >= 0.6 is 12.2 Å². The third-order valence-electron chi connectivity index (χ3n) is 2.97. The highest BCUT2D eigenvalue weighted by Crippen LogP contribution is 2.23. The Bertz CT molecular complexity index is 356. The molecule has 0 aliphatic rings. The van der Waals surface area contributed by atoms with Gasteiger partial charge in [0.15, 0.2) is 0 Å². The lowest BCUT2D eigenvalue weighted by molar-refractivity contribution is 0.166. The fourth-order valence-electron chi connectivity index (χ4n) is 2.01. The average molecular weight is 266 g/mol. The van der Waals surface area contributed by atoms with Crippen molar-refractivity contribution in [1.29, 1.82) is 0 Å². The van der Waals surface area contributed by atoms with Gasteiger partial charge in [-0.05, 0) is 19.0 Å². The number of methoxy groups -OCH3 is 1. The normalized spacial score (nSPS) is 12.6. The molecule has 0 aliphatic carbocycles. The van der Waals surface area contributed by atoms with E-state index >= 15 is 0 Å². The maximum absolute atomic E-state index is 5.70. The molecule has 3 nitrogen and oxygen atoms in total. The van der Waals surface area contributed by atoms with Crippen molar-refractivity contribution in [2.75, 3.05) is 27.3 Å². The van der Waals surface area contributed by atoms with Crippen LogP contribution in [0.25, 0.3) is 0 Å². The largest absolute Gasteiger partial charge is 0.393 e. The zero-order valence-electron chi connectivity index (χ0n) is 11.1. The van der Waals surface area contributed by atoms with Gasteiger partial charge in [-0.2, -0.15) is 0 Å². The highest BCUT2D eigenvalue weighted by molar-refractivity contribution is 7.80. The van der Waals surface area contributed by atoms with Gasteiger partial charge in [0.25, 0.3) is 0 Å². The predicted molar refractivity (Wildman–Crippen MR) is 79.7 cm³/mol. The first-order chi connectivity index (χ1) is 8.65. The van der Waals surface area contributed by atoms with Crippen molar-refractivity contribution in [2.24, 2.45) is 5.73 Å². The van der Waals surface area contributed by atoms with Gasteiger partial charge < -0.3 is 10.5 Å². The van der Waals surface area contributed by atoms with E-state index in [1.807, 2.05) is 18.2 Å². The Morgan fingerprint density at radius 1 is 1.39 bits per heavy atom. The highest BCUT2D eigenvalue weighted by atomic mass is 32.1. The molecule has 0 amide bonds. The van der Waals surface area contributed by atoms with Gasteiger partial charge in [-0.3, -0.25) is 4.90 Å². The first-order valence-corrected chi connectivity index (χ1v) is 6.58. The van der Waals surface area contributed by atoms with Gasteiger partial charge in [0.2, 0.25) is 0 Å². The molecule has 0 aromatic heterocycles. The van der Waals surface area contributed by atoms with Crippen LogP contribution in [-0.4, -0.2) is 37.2 Å². The highest BCUT2D eigenvalue weighted by Gasteiger charge is 2.17. The number of rotatable bonds is 8. The summed E-state index contributed by atoms with van der Waals surface area (Å²) in [6.07, 6.45) is 1.72. The van der Waals surface area contributed by atoms with Gasteiger partial charge in [-0.1, -0.05) is 42.5 Å². The molecule has 0 radical (unpaired) electrons. The van der Waals surface area contributed by atoms with E-state index in [2.05, 4.69) is 24.1 Å². The molecule has 1 aromatic carbocycles. The van der Waals surface area contributed by atoms with E-state index in [0.717, 1.165) is 19.6 Å². The zero-order chi connectivity index (χ0) is 13.4. The van der Waals surface area contributed by atoms with E-state index < -0.39 is 0 Å². The molecule has 0 saturated carbocycles. The maximum atomic E-state index is 5.70. The number of ether oxygens (including phenoxy) is 1. The Kier molecular flexibility index (Phi) is 6.86. The van der Waals surface area contributed by atoms with Crippen LogP contribution in [0.2, 0.25) is 0 Å². The van der Waals surface area contributed by atoms with E-state index in [0.29, 0.717) is 11.4 Å². The van der Waals surface area contributed by atoms with E-state index in [4.69, 9.17) is 22.7 Å². The Morgan fingerprint density at radius 3 is 2.61 bits per heavy atom. The molecule has 1 aromatic rings. The van der Waals surface area contributed by atoms with E-state index in [-0.39, 0.29) is 6.04 Å². The molecular formula is C14H22N2OS. The summed E-state index contributed by atoms with van der Waals surface area (Å²) in [7, 11) is 3.83. The molecule has 18 heavy (non-hydrogen) atoms. The quantitative estimate of drug-likeness (QED) is 0.579. The molecule has 2 N–H and O–H groups in total. The Labute approximate surface area is 115 Å². The van der Waals surface area contributed by atoms with Crippen molar-refractivity contribution in [3.8, 4) is 0 Å².